The van der Waals surface area contributed by atoms with Crippen molar-refractivity contribution in [3.8, 4) is 22.9 Å². The lowest BCUT2D eigenvalue weighted by Crippen LogP contribution is -2.31. The third kappa shape index (κ3) is 5.49. The molecule has 0 unspecified atom stereocenters. The monoisotopic (exact) mass is 498 g/mol. The Bertz CT molecular complexity index is 1400. The van der Waals surface area contributed by atoms with Crippen molar-refractivity contribution < 1.29 is 31.9 Å². The summed E-state index contributed by atoms with van der Waals surface area (Å²) in [4.78, 5) is 16.9. The molecule has 0 bridgehead atoms. The van der Waals surface area contributed by atoms with E-state index in [-0.39, 0.29) is 30.3 Å². The van der Waals surface area contributed by atoms with Gasteiger partial charge in [0.1, 0.15) is 11.5 Å². The molecule has 11 nitrogen and oxygen atoms in total. The summed E-state index contributed by atoms with van der Waals surface area (Å²) in [6.45, 7) is 1.10. The fourth-order valence-corrected chi connectivity index (χ4v) is 4.32. The van der Waals surface area contributed by atoms with Gasteiger partial charge in [-0.3, -0.25) is 4.31 Å². The van der Waals surface area contributed by atoms with E-state index >= 15 is 0 Å². The molecule has 2 heterocycles. The Morgan fingerprint density at radius 1 is 1.06 bits per heavy atom. The molecule has 3 aromatic rings. The topological polar surface area (TPSA) is 133 Å². The molecule has 0 aliphatic carbocycles. The first-order chi connectivity index (χ1) is 16.8. The molecular formula is C23H22N4O7S. The van der Waals surface area contributed by atoms with E-state index in [0.29, 0.717) is 28.5 Å². The first kappa shape index (κ1) is 24.0. The van der Waals surface area contributed by atoms with E-state index in [1.807, 2.05) is 0 Å². The molecule has 1 aliphatic heterocycles. The van der Waals surface area contributed by atoms with Crippen LogP contribution in [0.2, 0.25) is 0 Å². The quantitative estimate of drug-likeness (QED) is 0.430. The van der Waals surface area contributed by atoms with Crippen LogP contribution in [0.5, 0.6) is 11.5 Å². The van der Waals surface area contributed by atoms with Crippen molar-refractivity contribution in [2.75, 3.05) is 14.2 Å². The largest absolute Gasteiger partial charge is 0.497 e. The number of benzene rings is 2. The molecule has 4 rings (SSSR count). The summed E-state index contributed by atoms with van der Waals surface area (Å²) in [6, 6.07) is 14.0. The zero-order chi connectivity index (χ0) is 25.0. The molecule has 0 spiro atoms. The number of aromatic nitrogens is 2. The van der Waals surface area contributed by atoms with Crippen LogP contribution in [0.3, 0.4) is 0 Å². The maximum Gasteiger partial charge on any atom is 0.344 e. The van der Waals surface area contributed by atoms with Crippen LogP contribution < -0.4 is 9.47 Å². The predicted octanol–water partition coefficient (Wildman–Crippen LogP) is 2.90. The maximum atomic E-state index is 12.7. The second-order valence-corrected chi connectivity index (χ2v) is 8.96. The van der Waals surface area contributed by atoms with Gasteiger partial charge in [-0.1, -0.05) is 29.4 Å². The van der Waals surface area contributed by atoms with Crippen LogP contribution in [0.25, 0.3) is 11.4 Å². The van der Waals surface area contributed by atoms with Crippen molar-refractivity contribution in [1.29, 1.82) is 0 Å². The standard InChI is InChI=1S/C23H22N4O7S/c1-15-20(13-27(35(29,30)26-15)12-16-7-9-18(31-2)10-8-16)23(28)33-14-21-24-22(25-34-21)17-5-4-6-19(11-17)32-3/h4-11,13H,12,14H2,1-3H3. The lowest BCUT2D eigenvalue weighted by atomic mass is 10.2. The molecule has 12 heteroatoms. The van der Waals surface area contributed by atoms with Crippen LogP contribution in [-0.4, -0.2) is 48.8 Å². The molecule has 35 heavy (non-hydrogen) atoms. The first-order valence-electron chi connectivity index (χ1n) is 10.4. The van der Waals surface area contributed by atoms with Gasteiger partial charge in [-0.15, -0.1) is 4.40 Å². The molecule has 2 aromatic carbocycles. The van der Waals surface area contributed by atoms with Gasteiger partial charge in [0.2, 0.25) is 5.82 Å². The molecule has 0 N–H and O–H groups in total. The maximum absolute atomic E-state index is 12.7. The van der Waals surface area contributed by atoms with Crippen molar-refractivity contribution in [2.45, 2.75) is 20.1 Å². The number of carbonyl (C=O) groups is 1. The van der Waals surface area contributed by atoms with Crippen molar-refractivity contribution >= 4 is 21.9 Å². The van der Waals surface area contributed by atoms with Crippen LogP contribution >= 0.6 is 0 Å². The Balaban J connectivity index is 1.46. The molecule has 0 radical (unpaired) electrons. The number of esters is 1. The van der Waals surface area contributed by atoms with Gasteiger partial charge >= 0.3 is 16.2 Å². The smallest absolute Gasteiger partial charge is 0.344 e. The number of hydrogen-bond acceptors (Lipinski definition) is 9. The highest BCUT2D eigenvalue weighted by molar-refractivity contribution is 7.88. The third-order valence-electron chi connectivity index (χ3n) is 5.05. The Morgan fingerprint density at radius 2 is 1.80 bits per heavy atom. The van der Waals surface area contributed by atoms with Crippen molar-refractivity contribution in [3.63, 3.8) is 0 Å². The van der Waals surface area contributed by atoms with Crippen LogP contribution in [0.4, 0.5) is 0 Å². The van der Waals surface area contributed by atoms with Crippen molar-refractivity contribution in [2.24, 2.45) is 4.40 Å². The number of rotatable bonds is 8. The average Bonchev–Trinajstić information content (AvgIpc) is 3.33. The van der Waals surface area contributed by atoms with Crippen LogP contribution in [0, 0.1) is 0 Å². The number of nitrogens with zero attached hydrogens (tertiary/aromatic N) is 4. The Morgan fingerprint density at radius 3 is 2.51 bits per heavy atom. The van der Waals surface area contributed by atoms with E-state index < -0.39 is 16.2 Å². The van der Waals surface area contributed by atoms with Gasteiger partial charge in [0, 0.05) is 11.8 Å². The number of methoxy groups -OCH3 is 2. The molecule has 0 saturated carbocycles. The van der Waals surface area contributed by atoms with E-state index in [2.05, 4.69) is 14.5 Å². The lowest BCUT2D eigenvalue weighted by molar-refractivity contribution is -0.140. The van der Waals surface area contributed by atoms with Gasteiger partial charge < -0.3 is 18.7 Å². The first-order valence-corrected chi connectivity index (χ1v) is 11.8. The third-order valence-corrected chi connectivity index (χ3v) is 6.38. The summed E-state index contributed by atoms with van der Waals surface area (Å²) in [5.74, 6) is 0.876. The summed E-state index contributed by atoms with van der Waals surface area (Å²) in [6.07, 6.45) is 1.21. The molecule has 1 aliphatic rings. The Hall–Kier alpha value is -4.19. The minimum atomic E-state index is -4.00. The second-order valence-electron chi connectivity index (χ2n) is 7.41. The second kappa shape index (κ2) is 9.97. The van der Waals surface area contributed by atoms with Crippen molar-refractivity contribution in [1.82, 2.24) is 14.4 Å². The minimum Gasteiger partial charge on any atom is -0.497 e. The molecule has 0 amide bonds. The molecule has 1 aromatic heterocycles. The summed E-state index contributed by atoms with van der Waals surface area (Å²) in [5.41, 5.74) is 1.37. The lowest BCUT2D eigenvalue weighted by Gasteiger charge is -2.23. The predicted molar refractivity (Wildman–Crippen MR) is 125 cm³/mol. The number of carbonyl (C=O) groups excluding carboxylic acids is 1. The molecule has 0 atom stereocenters. The van der Waals surface area contributed by atoms with E-state index in [4.69, 9.17) is 18.7 Å². The van der Waals surface area contributed by atoms with E-state index in [0.717, 1.165) is 4.31 Å². The van der Waals surface area contributed by atoms with Gasteiger partial charge in [-0.2, -0.15) is 13.4 Å². The van der Waals surface area contributed by atoms with Gasteiger partial charge in [0.15, 0.2) is 6.61 Å². The fraction of sp³-hybridized carbons (Fsp3) is 0.217. The Kier molecular flexibility index (Phi) is 6.82. The summed E-state index contributed by atoms with van der Waals surface area (Å²) < 4.78 is 50.5. The molecule has 0 fully saturated rings. The number of hydrogen-bond donors (Lipinski definition) is 0. The molecule has 0 saturated heterocycles. The van der Waals surface area contributed by atoms with E-state index in [9.17, 15) is 13.2 Å². The van der Waals surface area contributed by atoms with Crippen molar-refractivity contribution in [3.05, 3.63) is 71.8 Å². The fourth-order valence-electron chi connectivity index (χ4n) is 3.22. The average molecular weight is 499 g/mol. The highest BCUT2D eigenvalue weighted by atomic mass is 32.2. The molecule has 182 valence electrons. The van der Waals surface area contributed by atoms with Crippen LogP contribution in [0.1, 0.15) is 18.4 Å². The van der Waals surface area contributed by atoms with E-state index in [1.165, 1.54) is 20.2 Å². The van der Waals surface area contributed by atoms with Gasteiger partial charge in [0.25, 0.3) is 5.89 Å². The van der Waals surface area contributed by atoms with Gasteiger partial charge in [-0.25, -0.2) is 4.79 Å². The highest BCUT2D eigenvalue weighted by Gasteiger charge is 2.29. The summed E-state index contributed by atoms with van der Waals surface area (Å²) >= 11 is 0. The normalized spacial score (nSPS) is 14.7. The highest BCUT2D eigenvalue weighted by Crippen LogP contribution is 2.23. The van der Waals surface area contributed by atoms with E-state index in [1.54, 1.807) is 55.6 Å². The molecular weight excluding hydrogens is 476 g/mol. The van der Waals surface area contributed by atoms with Gasteiger partial charge in [0.05, 0.1) is 32.0 Å². The van der Waals surface area contributed by atoms with Crippen LogP contribution in [0.15, 0.2) is 69.2 Å². The zero-order valence-corrected chi connectivity index (χ0v) is 20.0. The van der Waals surface area contributed by atoms with Gasteiger partial charge in [-0.05, 0) is 36.8 Å². The van der Waals surface area contributed by atoms with Crippen LogP contribution in [-0.2, 0) is 32.9 Å². The Labute approximate surface area is 201 Å². The summed E-state index contributed by atoms with van der Waals surface area (Å²) in [5, 5.41) is 3.89. The number of ether oxygens (including phenoxy) is 3. The summed E-state index contributed by atoms with van der Waals surface area (Å²) in [7, 11) is -0.910. The SMILES string of the molecule is COc1ccc(CN2C=C(C(=O)OCc3nc(-c4cccc(OC)c4)no3)C(C)=NS2(=O)=O)cc1. The minimum absolute atomic E-state index is 0.000807. The zero-order valence-electron chi connectivity index (χ0n) is 19.2.